The van der Waals surface area contributed by atoms with E-state index in [4.69, 9.17) is 0 Å². The molecule has 1 aliphatic rings. The second-order valence-electron chi connectivity index (χ2n) is 3.52. The molecule has 1 saturated heterocycles. The highest BCUT2D eigenvalue weighted by atomic mass is 79.9. The fraction of sp³-hybridized carbons (Fsp3) is 0.300. The van der Waals surface area contributed by atoms with Gasteiger partial charge in [0, 0.05) is 6.42 Å². The van der Waals surface area contributed by atoms with E-state index in [1.165, 1.54) is 0 Å². The van der Waals surface area contributed by atoms with E-state index in [1.54, 1.807) is 12.3 Å². The Hall–Kier alpha value is -1.43. The topological polar surface area (TPSA) is 71.1 Å². The van der Waals surface area contributed by atoms with Crippen molar-refractivity contribution in [2.24, 2.45) is 0 Å². The fourth-order valence-corrected chi connectivity index (χ4v) is 1.73. The number of rotatable bonds is 2. The number of carbonyl (C=O) groups is 2. The summed E-state index contributed by atoms with van der Waals surface area (Å²) < 4.78 is 0.737. The van der Waals surface area contributed by atoms with Gasteiger partial charge in [-0.15, -0.1) is 0 Å². The van der Waals surface area contributed by atoms with E-state index >= 15 is 0 Å². The molecule has 1 aliphatic heterocycles. The Bertz CT molecular complexity index is 419. The Morgan fingerprint density at radius 1 is 1.44 bits per heavy atom. The largest absolute Gasteiger partial charge is 0.372 e. The molecule has 84 valence electrons. The van der Waals surface area contributed by atoms with E-state index in [-0.39, 0.29) is 17.9 Å². The van der Waals surface area contributed by atoms with Gasteiger partial charge < -0.3 is 5.32 Å². The molecular formula is C10H10BrN3O2. The lowest BCUT2D eigenvalue weighted by Crippen LogP contribution is -2.47. The minimum atomic E-state index is -0.360. The predicted molar refractivity (Wildman–Crippen MR) is 61.7 cm³/mol. The van der Waals surface area contributed by atoms with Gasteiger partial charge in [-0.25, -0.2) is 4.98 Å². The molecule has 1 fully saturated rings. The van der Waals surface area contributed by atoms with Crippen LogP contribution in [-0.4, -0.2) is 22.8 Å². The molecule has 2 N–H and O–H groups in total. The van der Waals surface area contributed by atoms with Gasteiger partial charge in [-0.1, -0.05) is 0 Å². The number of anilines is 1. The Morgan fingerprint density at radius 2 is 2.25 bits per heavy atom. The van der Waals surface area contributed by atoms with Gasteiger partial charge in [0.25, 0.3) is 0 Å². The van der Waals surface area contributed by atoms with E-state index in [9.17, 15) is 9.59 Å². The number of amides is 2. The molecule has 1 aromatic rings. The molecule has 1 aromatic heterocycles. The van der Waals surface area contributed by atoms with Crippen LogP contribution in [0.1, 0.15) is 12.8 Å². The molecule has 2 amide bonds. The second kappa shape index (κ2) is 4.61. The van der Waals surface area contributed by atoms with Crippen LogP contribution >= 0.6 is 15.9 Å². The Labute approximate surface area is 101 Å². The zero-order chi connectivity index (χ0) is 11.5. The minimum Gasteiger partial charge on any atom is -0.372 e. The van der Waals surface area contributed by atoms with Crippen molar-refractivity contribution in [2.45, 2.75) is 18.9 Å². The van der Waals surface area contributed by atoms with Gasteiger partial charge in [-0.05, 0) is 34.5 Å². The van der Waals surface area contributed by atoms with Crippen LogP contribution in [0.5, 0.6) is 0 Å². The average molecular weight is 284 g/mol. The number of hydrogen-bond acceptors (Lipinski definition) is 4. The van der Waals surface area contributed by atoms with E-state index in [2.05, 4.69) is 31.5 Å². The van der Waals surface area contributed by atoms with Crippen LogP contribution in [0, 0.1) is 0 Å². The van der Waals surface area contributed by atoms with Crippen molar-refractivity contribution in [1.82, 2.24) is 10.3 Å². The lowest BCUT2D eigenvalue weighted by Gasteiger charge is -2.22. The minimum absolute atomic E-state index is 0.211. The maximum absolute atomic E-state index is 11.5. The van der Waals surface area contributed by atoms with Crippen LogP contribution in [0.15, 0.2) is 22.9 Å². The van der Waals surface area contributed by atoms with Crippen LogP contribution < -0.4 is 10.6 Å². The summed E-state index contributed by atoms with van der Waals surface area (Å²) in [5, 5.41) is 5.32. The van der Waals surface area contributed by atoms with Gasteiger partial charge in [-0.3, -0.25) is 14.9 Å². The van der Waals surface area contributed by atoms with Crippen molar-refractivity contribution >= 4 is 33.4 Å². The lowest BCUT2D eigenvalue weighted by molar-refractivity contribution is -0.133. The molecule has 0 saturated carbocycles. The highest BCUT2D eigenvalue weighted by Crippen LogP contribution is 2.14. The monoisotopic (exact) mass is 283 g/mol. The summed E-state index contributed by atoms with van der Waals surface area (Å²) in [5.74, 6) is -0.490. The molecule has 5 nitrogen and oxygen atoms in total. The van der Waals surface area contributed by atoms with Crippen molar-refractivity contribution in [3.05, 3.63) is 22.9 Å². The summed E-state index contributed by atoms with van der Waals surface area (Å²) in [6.07, 6.45) is 2.52. The van der Waals surface area contributed by atoms with E-state index in [0.717, 1.165) is 10.3 Å². The van der Waals surface area contributed by atoms with E-state index in [1.807, 2.05) is 6.07 Å². The zero-order valence-electron chi connectivity index (χ0n) is 8.37. The normalized spacial score (nSPS) is 20.4. The number of hydrogen-bond donors (Lipinski definition) is 2. The number of nitrogens with one attached hydrogen (secondary N) is 2. The summed E-state index contributed by atoms with van der Waals surface area (Å²) >= 11 is 3.23. The van der Waals surface area contributed by atoms with Crippen LogP contribution in [0.4, 0.5) is 5.69 Å². The number of carbonyl (C=O) groups excluding carboxylic acids is 2. The maximum atomic E-state index is 11.5. The maximum Gasteiger partial charge on any atom is 0.249 e. The van der Waals surface area contributed by atoms with Gasteiger partial charge in [0.2, 0.25) is 11.8 Å². The van der Waals surface area contributed by atoms with Crippen molar-refractivity contribution in [3.63, 3.8) is 0 Å². The SMILES string of the molecule is O=C1CCC(Nc2ccc(Br)nc2)C(=O)N1. The molecule has 1 unspecified atom stereocenters. The van der Waals surface area contributed by atoms with Crippen LogP contribution in [0.25, 0.3) is 0 Å². The number of halogens is 1. The molecule has 0 radical (unpaired) electrons. The van der Waals surface area contributed by atoms with Crippen molar-refractivity contribution in [3.8, 4) is 0 Å². The molecule has 0 bridgehead atoms. The number of piperidine rings is 1. The summed E-state index contributed by atoms with van der Waals surface area (Å²) in [7, 11) is 0. The molecular weight excluding hydrogens is 274 g/mol. The highest BCUT2D eigenvalue weighted by Gasteiger charge is 2.26. The summed E-state index contributed by atoms with van der Waals surface area (Å²) in [6, 6.07) is 3.25. The Balaban J connectivity index is 2.02. The average Bonchev–Trinajstić information content (AvgIpc) is 2.25. The zero-order valence-corrected chi connectivity index (χ0v) is 9.95. The molecule has 2 heterocycles. The number of nitrogens with zero attached hydrogens (tertiary/aromatic N) is 1. The first kappa shape index (κ1) is 11.1. The van der Waals surface area contributed by atoms with Crippen LogP contribution in [0.2, 0.25) is 0 Å². The van der Waals surface area contributed by atoms with Crippen LogP contribution in [0.3, 0.4) is 0 Å². The molecule has 6 heteroatoms. The van der Waals surface area contributed by atoms with Gasteiger partial charge in [0.15, 0.2) is 0 Å². The fourth-order valence-electron chi connectivity index (χ4n) is 1.49. The Kier molecular flexibility index (Phi) is 3.19. The Morgan fingerprint density at radius 3 is 2.88 bits per heavy atom. The summed E-state index contributed by atoms with van der Waals surface area (Å²) in [5.41, 5.74) is 0.762. The highest BCUT2D eigenvalue weighted by molar-refractivity contribution is 9.10. The first-order valence-corrected chi connectivity index (χ1v) is 5.66. The molecule has 2 rings (SSSR count). The quantitative estimate of drug-likeness (QED) is 0.629. The van der Waals surface area contributed by atoms with Crippen molar-refractivity contribution in [1.29, 1.82) is 0 Å². The van der Waals surface area contributed by atoms with Gasteiger partial charge in [-0.2, -0.15) is 0 Å². The molecule has 16 heavy (non-hydrogen) atoms. The summed E-state index contributed by atoms with van der Waals surface area (Å²) in [6.45, 7) is 0. The summed E-state index contributed by atoms with van der Waals surface area (Å²) in [4.78, 5) is 26.4. The predicted octanol–water partition coefficient (Wildman–Crippen LogP) is 1.06. The second-order valence-corrected chi connectivity index (χ2v) is 4.33. The standard InChI is InChI=1S/C10H10BrN3O2/c11-8-3-1-6(5-12-8)13-7-2-4-9(15)14-10(7)16/h1,3,5,7,13H,2,4H2,(H,14,15,16). The number of aromatic nitrogens is 1. The smallest absolute Gasteiger partial charge is 0.249 e. The molecule has 0 aromatic carbocycles. The number of imide groups is 1. The third-order valence-electron chi connectivity index (χ3n) is 2.31. The van der Waals surface area contributed by atoms with Gasteiger partial charge in [0.05, 0.1) is 11.9 Å². The third-order valence-corrected chi connectivity index (χ3v) is 2.78. The van der Waals surface area contributed by atoms with Crippen LogP contribution in [-0.2, 0) is 9.59 Å². The van der Waals surface area contributed by atoms with Crippen molar-refractivity contribution < 1.29 is 9.59 Å². The van der Waals surface area contributed by atoms with Gasteiger partial charge >= 0.3 is 0 Å². The molecule has 1 atom stereocenters. The third kappa shape index (κ3) is 2.57. The first-order valence-electron chi connectivity index (χ1n) is 4.87. The molecule has 0 aliphatic carbocycles. The first-order chi connectivity index (χ1) is 7.65. The molecule has 0 spiro atoms. The van der Waals surface area contributed by atoms with E-state index < -0.39 is 0 Å². The number of pyridine rings is 1. The lowest BCUT2D eigenvalue weighted by atomic mass is 10.1. The van der Waals surface area contributed by atoms with Crippen molar-refractivity contribution in [2.75, 3.05) is 5.32 Å². The van der Waals surface area contributed by atoms with Gasteiger partial charge in [0.1, 0.15) is 10.6 Å². The van der Waals surface area contributed by atoms with E-state index in [0.29, 0.717) is 12.8 Å².